The molecule has 0 aliphatic carbocycles. The van der Waals surface area contributed by atoms with E-state index in [4.69, 9.17) is 10.4 Å². The van der Waals surface area contributed by atoms with E-state index in [1.165, 1.54) is 11.0 Å². The molecule has 0 aliphatic heterocycles. The van der Waals surface area contributed by atoms with Crippen LogP contribution in [0.3, 0.4) is 0 Å². The second-order valence-electron chi connectivity index (χ2n) is 1.25. The van der Waals surface area contributed by atoms with Crippen LogP contribution in [0.5, 0.6) is 0 Å². The van der Waals surface area contributed by atoms with Crippen LogP contribution in [0.4, 0.5) is 0 Å². The number of amides is 2. The Bertz CT molecular complexity index is 109. The summed E-state index contributed by atoms with van der Waals surface area (Å²) in [6.45, 7) is 0. The van der Waals surface area contributed by atoms with Crippen molar-refractivity contribution in [1.29, 1.82) is 0 Å². The summed E-state index contributed by atoms with van der Waals surface area (Å²) in [6, 6.07) is 0. The first-order chi connectivity index (χ1) is 4.20. The van der Waals surface area contributed by atoms with Gasteiger partial charge in [-0.1, -0.05) is 0 Å². The van der Waals surface area contributed by atoms with Crippen molar-refractivity contribution in [3.63, 3.8) is 0 Å². The lowest BCUT2D eigenvalue weighted by molar-refractivity contribution is -0.138. The molecule has 0 aromatic heterocycles. The molecule has 4 N–H and O–H groups in total. The van der Waals surface area contributed by atoms with Gasteiger partial charge in [0, 0.05) is 0 Å². The quantitative estimate of drug-likeness (QED) is 0.207. The molecule has 0 unspecified atom stereocenters. The maximum atomic E-state index is 10.0. The monoisotopic (exact) mass is 134 g/mol. The SMILES string of the molecule is O=C(CC(=O)NO)NO. The molecular weight excluding hydrogens is 128 g/mol. The van der Waals surface area contributed by atoms with Gasteiger partial charge in [-0.05, 0) is 0 Å². The highest BCUT2D eigenvalue weighted by molar-refractivity contribution is 5.95. The molecule has 0 aromatic carbocycles. The van der Waals surface area contributed by atoms with Gasteiger partial charge in [0.1, 0.15) is 6.42 Å². The van der Waals surface area contributed by atoms with Crippen molar-refractivity contribution >= 4 is 11.8 Å². The van der Waals surface area contributed by atoms with Crippen molar-refractivity contribution in [2.24, 2.45) is 0 Å². The fourth-order valence-electron chi connectivity index (χ4n) is 0.225. The van der Waals surface area contributed by atoms with Crippen LogP contribution in [0.1, 0.15) is 6.42 Å². The molecule has 9 heavy (non-hydrogen) atoms. The normalized spacial score (nSPS) is 8.22. The third-order valence-corrected chi connectivity index (χ3v) is 0.571. The second-order valence-corrected chi connectivity index (χ2v) is 1.25. The van der Waals surface area contributed by atoms with Gasteiger partial charge >= 0.3 is 0 Å². The maximum Gasteiger partial charge on any atom is 0.252 e. The van der Waals surface area contributed by atoms with E-state index in [-0.39, 0.29) is 0 Å². The fraction of sp³-hybridized carbons (Fsp3) is 0.333. The Labute approximate surface area is 50.4 Å². The van der Waals surface area contributed by atoms with E-state index in [0.29, 0.717) is 0 Å². The van der Waals surface area contributed by atoms with Crippen molar-refractivity contribution in [1.82, 2.24) is 11.0 Å². The van der Waals surface area contributed by atoms with Gasteiger partial charge in [0.2, 0.25) is 0 Å². The average Bonchev–Trinajstić information content (AvgIpc) is 1.87. The Balaban J connectivity index is 3.47. The van der Waals surface area contributed by atoms with E-state index in [1.54, 1.807) is 0 Å². The van der Waals surface area contributed by atoms with Gasteiger partial charge in [-0.2, -0.15) is 0 Å². The molecule has 2 amide bonds. The molecule has 0 atom stereocenters. The van der Waals surface area contributed by atoms with Crippen molar-refractivity contribution < 1.29 is 20.0 Å². The molecule has 6 heteroatoms. The summed E-state index contributed by atoms with van der Waals surface area (Å²) in [7, 11) is 0. The first-order valence-electron chi connectivity index (χ1n) is 2.06. The lowest BCUT2D eigenvalue weighted by Crippen LogP contribution is -2.28. The predicted molar refractivity (Wildman–Crippen MR) is 24.5 cm³/mol. The number of carbonyl (C=O) groups is 2. The number of hydrogen-bond acceptors (Lipinski definition) is 4. The zero-order chi connectivity index (χ0) is 7.28. The van der Waals surface area contributed by atoms with Crippen LogP contribution in [0.25, 0.3) is 0 Å². The zero-order valence-electron chi connectivity index (χ0n) is 4.42. The third-order valence-electron chi connectivity index (χ3n) is 0.571. The van der Waals surface area contributed by atoms with Crippen LogP contribution in [0.2, 0.25) is 0 Å². The Morgan fingerprint density at radius 1 is 1.11 bits per heavy atom. The van der Waals surface area contributed by atoms with Crippen LogP contribution in [0.15, 0.2) is 0 Å². The van der Waals surface area contributed by atoms with Crippen LogP contribution in [0, 0.1) is 0 Å². The summed E-state index contributed by atoms with van der Waals surface area (Å²) in [5, 5.41) is 15.6. The number of nitrogens with one attached hydrogen (secondary N) is 2. The first kappa shape index (κ1) is 7.86. The Morgan fingerprint density at radius 2 is 1.44 bits per heavy atom. The summed E-state index contributed by atoms with van der Waals surface area (Å²) in [4.78, 5) is 20.1. The molecule has 6 nitrogen and oxygen atoms in total. The smallest absolute Gasteiger partial charge is 0.252 e. The first-order valence-corrected chi connectivity index (χ1v) is 2.06. The molecule has 0 rings (SSSR count). The lowest BCUT2D eigenvalue weighted by Gasteiger charge is -1.94. The minimum Gasteiger partial charge on any atom is -0.289 e. The van der Waals surface area contributed by atoms with Crippen molar-refractivity contribution in [2.45, 2.75) is 6.42 Å². The number of carbonyl (C=O) groups excluding carboxylic acids is 2. The molecule has 0 bridgehead atoms. The van der Waals surface area contributed by atoms with Crippen LogP contribution < -0.4 is 11.0 Å². The summed E-state index contributed by atoms with van der Waals surface area (Å²) in [5.41, 5.74) is 2.44. The third kappa shape index (κ3) is 3.44. The van der Waals surface area contributed by atoms with Crippen LogP contribution in [-0.4, -0.2) is 22.2 Å². The minimum absolute atomic E-state index is 0.590. The van der Waals surface area contributed by atoms with Gasteiger partial charge in [-0.15, -0.1) is 0 Å². The number of rotatable bonds is 2. The maximum absolute atomic E-state index is 10.0. The Morgan fingerprint density at radius 3 is 1.67 bits per heavy atom. The summed E-state index contributed by atoms with van der Waals surface area (Å²) in [6.07, 6.45) is -0.590. The molecule has 0 fully saturated rings. The van der Waals surface area contributed by atoms with Crippen molar-refractivity contribution in [3.05, 3.63) is 0 Å². The highest BCUT2D eigenvalue weighted by atomic mass is 16.5. The summed E-state index contributed by atoms with van der Waals surface area (Å²) >= 11 is 0. The van der Waals surface area contributed by atoms with Gasteiger partial charge in [0.05, 0.1) is 0 Å². The van der Waals surface area contributed by atoms with Gasteiger partial charge in [-0.3, -0.25) is 20.0 Å². The predicted octanol–water partition coefficient (Wildman–Crippen LogP) is -1.61. The van der Waals surface area contributed by atoms with Gasteiger partial charge in [0.25, 0.3) is 11.8 Å². The lowest BCUT2D eigenvalue weighted by atomic mass is 10.4. The van der Waals surface area contributed by atoms with E-state index >= 15 is 0 Å². The molecule has 0 radical (unpaired) electrons. The molecule has 0 heterocycles. The molecule has 0 aliphatic rings. The van der Waals surface area contributed by atoms with E-state index in [1.807, 2.05) is 0 Å². The van der Waals surface area contributed by atoms with Crippen LogP contribution >= 0.6 is 0 Å². The van der Waals surface area contributed by atoms with E-state index in [9.17, 15) is 9.59 Å². The largest absolute Gasteiger partial charge is 0.289 e. The van der Waals surface area contributed by atoms with Gasteiger partial charge in [-0.25, -0.2) is 11.0 Å². The molecule has 0 saturated carbocycles. The van der Waals surface area contributed by atoms with Crippen LogP contribution in [-0.2, 0) is 9.59 Å². The standard InChI is InChI=1S/C3H6N2O4/c6-2(4-8)1-3(7)5-9/h8-9H,1H2,(H,4,6)(H,5,7). The summed E-state index contributed by atoms with van der Waals surface area (Å²) in [5.74, 6) is -1.75. The van der Waals surface area contributed by atoms with E-state index in [2.05, 4.69) is 0 Å². The topological polar surface area (TPSA) is 98.7 Å². The fourth-order valence-corrected chi connectivity index (χ4v) is 0.225. The van der Waals surface area contributed by atoms with E-state index < -0.39 is 18.2 Å². The highest BCUT2D eigenvalue weighted by Gasteiger charge is 2.05. The molecule has 52 valence electrons. The zero-order valence-corrected chi connectivity index (χ0v) is 4.42. The molecule has 0 aromatic rings. The van der Waals surface area contributed by atoms with E-state index in [0.717, 1.165) is 0 Å². The summed E-state index contributed by atoms with van der Waals surface area (Å²) < 4.78 is 0. The molecule has 0 saturated heterocycles. The van der Waals surface area contributed by atoms with Gasteiger partial charge < -0.3 is 0 Å². The Kier molecular flexibility index (Phi) is 3.33. The van der Waals surface area contributed by atoms with Gasteiger partial charge in [0.15, 0.2) is 0 Å². The molecular formula is C3H6N2O4. The number of hydrogen-bond donors (Lipinski definition) is 4. The highest BCUT2D eigenvalue weighted by Crippen LogP contribution is 1.75. The van der Waals surface area contributed by atoms with Crippen molar-refractivity contribution in [3.8, 4) is 0 Å². The van der Waals surface area contributed by atoms with Crippen molar-refractivity contribution in [2.75, 3.05) is 0 Å². The number of hydroxylamine groups is 2. The minimum atomic E-state index is -0.874. The molecule has 0 spiro atoms. The second kappa shape index (κ2) is 3.81. The average molecular weight is 134 g/mol. The Hall–Kier alpha value is -1.14.